The SMILES string of the molecule is COC(=O)CC(CN)C1CC1. The molecular formula is C8H15NO2. The second-order valence-electron chi connectivity index (χ2n) is 3.11. The van der Waals surface area contributed by atoms with E-state index in [9.17, 15) is 4.79 Å². The fraction of sp³-hybridized carbons (Fsp3) is 0.875. The molecule has 2 N–H and O–H groups in total. The minimum Gasteiger partial charge on any atom is -0.469 e. The number of hydrogen-bond acceptors (Lipinski definition) is 3. The predicted molar refractivity (Wildman–Crippen MR) is 41.9 cm³/mol. The Kier molecular flexibility index (Phi) is 2.88. The van der Waals surface area contributed by atoms with E-state index in [0.29, 0.717) is 24.8 Å². The molecule has 11 heavy (non-hydrogen) atoms. The molecule has 0 saturated heterocycles. The lowest BCUT2D eigenvalue weighted by atomic mass is 10.0. The summed E-state index contributed by atoms with van der Waals surface area (Å²) in [5.41, 5.74) is 5.51. The smallest absolute Gasteiger partial charge is 0.305 e. The maximum atomic E-state index is 10.8. The highest BCUT2D eigenvalue weighted by atomic mass is 16.5. The summed E-state index contributed by atoms with van der Waals surface area (Å²) in [5, 5.41) is 0. The minimum absolute atomic E-state index is 0.132. The van der Waals surface area contributed by atoms with Crippen molar-refractivity contribution in [3.05, 3.63) is 0 Å². The zero-order chi connectivity index (χ0) is 8.27. The minimum atomic E-state index is -0.132. The van der Waals surface area contributed by atoms with Gasteiger partial charge in [0.25, 0.3) is 0 Å². The van der Waals surface area contributed by atoms with Crippen LogP contribution in [0.3, 0.4) is 0 Å². The van der Waals surface area contributed by atoms with Gasteiger partial charge in [-0.3, -0.25) is 4.79 Å². The number of carbonyl (C=O) groups is 1. The Hall–Kier alpha value is -0.570. The number of esters is 1. The van der Waals surface area contributed by atoms with Gasteiger partial charge < -0.3 is 10.5 Å². The summed E-state index contributed by atoms with van der Waals surface area (Å²) in [7, 11) is 1.42. The highest BCUT2D eigenvalue weighted by molar-refractivity contribution is 5.69. The first-order chi connectivity index (χ1) is 5.27. The van der Waals surface area contributed by atoms with E-state index in [4.69, 9.17) is 5.73 Å². The van der Waals surface area contributed by atoms with Crippen LogP contribution < -0.4 is 5.73 Å². The van der Waals surface area contributed by atoms with E-state index in [0.717, 1.165) is 0 Å². The van der Waals surface area contributed by atoms with Crippen LogP contribution in [0.15, 0.2) is 0 Å². The molecule has 64 valence electrons. The summed E-state index contributed by atoms with van der Waals surface area (Å²) < 4.78 is 4.57. The van der Waals surface area contributed by atoms with Gasteiger partial charge in [-0.05, 0) is 31.2 Å². The molecule has 1 unspecified atom stereocenters. The van der Waals surface area contributed by atoms with Crippen LogP contribution in [0.4, 0.5) is 0 Å². The van der Waals surface area contributed by atoms with Crippen molar-refractivity contribution in [3.63, 3.8) is 0 Å². The van der Waals surface area contributed by atoms with Crippen LogP contribution in [-0.2, 0) is 9.53 Å². The van der Waals surface area contributed by atoms with Crippen LogP contribution in [0.1, 0.15) is 19.3 Å². The van der Waals surface area contributed by atoms with Crippen molar-refractivity contribution in [2.45, 2.75) is 19.3 Å². The largest absolute Gasteiger partial charge is 0.469 e. The second-order valence-corrected chi connectivity index (χ2v) is 3.11. The zero-order valence-corrected chi connectivity index (χ0v) is 6.88. The van der Waals surface area contributed by atoms with Crippen LogP contribution >= 0.6 is 0 Å². The van der Waals surface area contributed by atoms with Gasteiger partial charge in [0.15, 0.2) is 0 Å². The molecule has 1 atom stereocenters. The van der Waals surface area contributed by atoms with Crippen molar-refractivity contribution >= 4 is 5.97 Å². The maximum Gasteiger partial charge on any atom is 0.305 e. The molecule has 0 bridgehead atoms. The van der Waals surface area contributed by atoms with E-state index in [1.54, 1.807) is 0 Å². The van der Waals surface area contributed by atoms with Gasteiger partial charge in [0.05, 0.1) is 7.11 Å². The molecule has 0 radical (unpaired) electrons. The molecule has 0 heterocycles. The van der Waals surface area contributed by atoms with Crippen molar-refractivity contribution in [1.29, 1.82) is 0 Å². The number of carbonyl (C=O) groups excluding carboxylic acids is 1. The number of ether oxygens (including phenoxy) is 1. The summed E-state index contributed by atoms with van der Waals surface area (Å²) in [5.74, 6) is 0.925. The topological polar surface area (TPSA) is 52.3 Å². The Labute approximate surface area is 66.9 Å². The van der Waals surface area contributed by atoms with Gasteiger partial charge in [0.2, 0.25) is 0 Å². The number of nitrogens with two attached hydrogens (primary N) is 1. The molecule has 0 aromatic carbocycles. The third-order valence-corrected chi connectivity index (χ3v) is 2.25. The van der Waals surface area contributed by atoms with Gasteiger partial charge in [-0.2, -0.15) is 0 Å². The zero-order valence-electron chi connectivity index (χ0n) is 6.88. The third-order valence-electron chi connectivity index (χ3n) is 2.25. The van der Waals surface area contributed by atoms with Gasteiger partial charge in [0, 0.05) is 6.42 Å². The number of hydrogen-bond donors (Lipinski definition) is 1. The van der Waals surface area contributed by atoms with Crippen molar-refractivity contribution in [1.82, 2.24) is 0 Å². The van der Waals surface area contributed by atoms with Gasteiger partial charge in [-0.1, -0.05) is 0 Å². The van der Waals surface area contributed by atoms with Crippen molar-refractivity contribution in [2.75, 3.05) is 13.7 Å². The molecule has 1 aliphatic rings. The predicted octanol–water partition coefficient (Wildman–Crippen LogP) is 0.534. The Bertz CT molecular complexity index is 143. The van der Waals surface area contributed by atoms with Crippen LogP contribution in [0.25, 0.3) is 0 Å². The van der Waals surface area contributed by atoms with Crippen molar-refractivity contribution in [3.8, 4) is 0 Å². The Morgan fingerprint density at radius 3 is 2.73 bits per heavy atom. The molecule has 3 heteroatoms. The molecule has 0 amide bonds. The van der Waals surface area contributed by atoms with E-state index < -0.39 is 0 Å². The summed E-state index contributed by atoms with van der Waals surface area (Å²) in [6, 6.07) is 0. The van der Waals surface area contributed by atoms with E-state index in [1.807, 2.05) is 0 Å². The first kappa shape index (κ1) is 8.53. The Morgan fingerprint density at radius 2 is 2.36 bits per heavy atom. The summed E-state index contributed by atoms with van der Waals surface area (Å²) in [4.78, 5) is 10.8. The molecule has 0 aromatic heterocycles. The second kappa shape index (κ2) is 3.72. The van der Waals surface area contributed by atoms with E-state index in [-0.39, 0.29) is 5.97 Å². The molecule has 0 spiro atoms. The lowest BCUT2D eigenvalue weighted by molar-refractivity contribution is -0.141. The Morgan fingerprint density at radius 1 is 1.73 bits per heavy atom. The van der Waals surface area contributed by atoms with Gasteiger partial charge in [-0.25, -0.2) is 0 Å². The van der Waals surface area contributed by atoms with Crippen LogP contribution in [0.5, 0.6) is 0 Å². The standard InChI is InChI=1S/C8H15NO2/c1-11-8(10)4-7(5-9)6-2-3-6/h6-7H,2-5,9H2,1H3. The molecule has 0 aromatic rings. The summed E-state index contributed by atoms with van der Waals surface area (Å²) in [6.07, 6.45) is 2.97. The van der Waals surface area contributed by atoms with Crippen LogP contribution in [0.2, 0.25) is 0 Å². The van der Waals surface area contributed by atoms with Crippen molar-refractivity contribution < 1.29 is 9.53 Å². The fourth-order valence-corrected chi connectivity index (χ4v) is 1.31. The molecule has 1 rings (SSSR count). The van der Waals surface area contributed by atoms with E-state index in [1.165, 1.54) is 20.0 Å². The fourth-order valence-electron chi connectivity index (χ4n) is 1.31. The van der Waals surface area contributed by atoms with Gasteiger partial charge in [-0.15, -0.1) is 0 Å². The average Bonchev–Trinajstić information content (AvgIpc) is 2.82. The highest BCUT2D eigenvalue weighted by Gasteiger charge is 2.31. The van der Waals surface area contributed by atoms with Crippen LogP contribution in [-0.4, -0.2) is 19.6 Å². The van der Waals surface area contributed by atoms with E-state index in [2.05, 4.69) is 4.74 Å². The molecule has 0 aliphatic heterocycles. The average molecular weight is 157 g/mol. The normalized spacial score (nSPS) is 19.5. The lowest BCUT2D eigenvalue weighted by Gasteiger charge is -2.10. The first-order valence-corrected chi connectivity index (χ1v) is 4.04. The van der Waals surface area contributed by atoms with E-state index >= 15 is 0 Å². The number of rotatable bonds is 4. The molecule has 3 nitrogen and oxygen atoms in total. The molecule has 1 aliphatic carbocycles. The Balaban J connectivity index is 2.25. The lowest BCUT2D eigenvalue weighted by Crippen LogP contribution is -2.20. The summed E-state index contributed by atoms with van der Waals surface area (Å²) in [6.45, 7) is 0.611. The maximum absolute atomic E-state index is 10.8. The molecule has 1 saturated carbocycles. The highest BCUT2D eigenvalue weighted by Crippen LogP contribution is 2.37. The van der Waals surface area contributed by atoms with Crippen LogP contribution in [0, 0.1) is 11.8 Å². The van der Waals surface area contributed by atoms with Gasteiger partial charge in [0.1, 0.15) is 0 Å². The molecule has 1 fully saturated rings. The monoisotopic (exact) mass is 157 g/mol. The number of methoxy groups -OCH3 is 1. The quantitative estimate of drug-likeness (QED) is 0.606. The van der Waals surface area contributed by atoms with Gasteiger partial charge >= 0.3 is 5.97 Å². The third kappa shape index (κ3) is 2.50. The van der Waals surface area contributed by atoms with Crippen molar-refractivity contribution in [2.24, 2.45) is 17.6 Å². The first-order valence-electron chi connectivity index (χ1n) is 4.04. The molecular weight excluding hydrogens is 142 g/mol. The summed E-state index contributed by atoms with van der Waals surface area (Å²) >= 11 is 0.